The molecule has 3 nitrogen and oxygen atoms in total. The van der Waals surface area contributed by atoms with Gasteiger partial charge in [-0.1, -0.05) is 23.2 Å². The summed E-state index contributed by atoms with van der Waals surface area (Å²) in [4.78, 5) is 17.5. The maximum Gasteiger partial charge on any atom is 0.272 e. The molecule has 0 fully saturated rings. The van der Waals surface area contributed by atoms with Gasteiger partial charge in [-0.05, 0) is 18.2 Å². The van der Waals surface area contributed by atoms with Crippen LogP contribution in [0.2, 0.25) is 10.0 Å². The molecule has 0 radical (unpaired) electrons. The van der Waals surface area contributed by atoms with Crippen molar-refractivity contribution in [2.45, 2.75) is 0 Å². The Hall–Kier alpha value is -1.10. The Morgan fingerprint density at radius 2 is 2.06 bits per heavy atom. The molecule has 0 atom stereocenters. The van der Waals surface area contributed by atoms with Gasteiger partial charge in [-0.25, -0.2) is 4.98 Å². The largest absolute Gasteiger partial charge is 0.343 e. The number of thiazole rings is 1. The third kappa shape index (κ3) is 2.66. The van der Waals surface area contributed by atoms with Gasteiger partial charge in [0.05, 0.1) is 5.02 Å². The molecule has 1 heterocycles. The van der Waals surface area contributed by atoms with Gasteiger partial charge in [0.15, 0.2) is 0 Å². The van der Waals surface area contributed by atoms with Crippen LogP contribution in [0.5, 0.6) is 0 Å². The summed E-state index contributed by atoms with van der Waals surface area (Å²) < 4.78 is 0. The van der Waals surface area contributed by atoms with Crippen LogP contribution in [0.3, 0.4) is 0 Å². The lowest BCUT2D eigenvalue weighted by molar-refractivity contribution is 0.0823. The van der Waals surface area contributed by atoms with E-state index in [9.17, 15) is 4.79 Å². The van der Waals surface area contributed by atoms with E-state index < -0.39 is 0 Å². The number of aromatic nitrogens is 1. The molecule has 0 aliphatic carbocycles. The first-order chi connectivity index (χ1) is 8.49. The number of rotatable bonds is 2. The second-order valence-electron chi connectivity index (χ2n) is 3.86. The fourth-order valence-electron chi connectivity index (χ4n) is 1.39. The van der Waals surface area contributed by atoms with Crippen molar-refractivity contribution in [1.82, 2.24) is 9.88 Å². The van der Waals surface area contributed by atoms with Crippen molar-refractivity contribution in [1.29, 1.82) is 0 Å². The van der Waals surface area contributed by atoms with Crippen LogP contribution in [0.4, 0.5) is 0 Å². The molecule has 18 heavy (non-hydrogen) atoms. The molecule has 1 aromatic heterocycles. The van der Waals surface area contributed by atoms with Crippen LogP contribution in [0.25, 0.3) is 10.6 Å². The van der Waals surface area contributed by atoms with E-state index in [2.05, 4.69) is 4.98 Å². The molecule has 94 valence electrons. The van der Waals surface area contributed by atoms with Gasteiger partial charge in [0, 0.05) is 30.1 Å². The van der Waals surface area contributed by atoms with Crippen molar-refractivity contribution in [3.63, 3.8) is 0 Å². The average Bonchev–Trinajstić information content (AvgIpc) is 2.77. The minimum absolute atomic E-state index is 0.123. The van der Waals surface area contributed by atoms with Crippen molar-refractivity contribution in [2.24, 2.45) is 0 Å². The lowest BCUT2D eigenvalue weighted by atomic mass is 10.2. The Morgan fingerprint density at radius 1 is 1.33 bits per heavy atom. The Balaban J connectivity index is 2.38. The van der Waals surface area contributed by atoms with Gasteiger partial charge in [-0.2, -0.15) is 0 Å². The molecule has 1 amide bonds. The van der Waals surface area contributed by atoms with Crippen molar-refractivity contribution >= 4 is 40.4 Å². The van der Waals surface area contributed by atoms with Crippen molar-refractivity contribution in [2.75, 3.05) is 14.1 Å². The highest BCUT2D eigenvalue weighted by Gasteiger charge is 2.14. The van der Waals surface area contributed by atoms with Gasteiger partial charge in [0.2, 0.25) is 0 Å². The van der Waals surface area contributed by atoms with E-state index in [1.807, 2.05) is 0 Å². The minimum atomic E-state index is -0.123. The van der Waals surface area contributed by atoms with Gasteiger partial charge in [-0.15, -0.1) is 11.3 Å². The Bertz CT molecular complexity index is 596. The van der Waals surface area contributed by atoms with Crippen molar-refractivity contribution < 1.29 is 4.79 Å². The standard InChI is InChI=1S/C12H10Cl2N2OS/c1-16(2)12(17)10-6-18-11(15-10)8-4-3-7(13)5-9(8)14/h3-6H,1-2H3. The summed E-state index contributed by atoms with van der Waals surface area (Å²) in [5.41, 5.74) is 1.20. The summed E-state index contributed by atoms with van der Waals surface area (Å²) in [6.45, 7) is 0. The van der Waals surface area contributed by atoms with Gasteiger partial charge in [-0.3, -0.25) is 4.79 Å². The summed E-state index contributed by atoms with van der Waals surface area (Å²) in [5.74, 6) is -0.123. The second-order valence-corrected chi connectivity index (χ2v) is 5.56. The maximum atomic E-state index is 11.7. The maximum absolute atomic E-state index is 11.7. The van der Waals surface area contributed by atoms with E-state index in [1.54, 1.807) is 37.7 Å². The van der Waals surface area contributed by atoms with Crippen LogP contribution >= 0.6 is 34.5 Å². The fraction of sp³-hybridized carbons (Fsp3) is 0.167. The summed E-state index contributed by atoms with van der Waals surface area (Å²) >= 11 is 13.3. The van der Waals surface area contributed by atoms with Crippen LogP contribution in [0.15, 0.2) is 23.6 Å². The first-order valence-corrected chi connectivity index (χ1v) is 6.75. The smallest absolute Gasteiger partial charge is 0.272 e. The quantitative estimate of drug-likeness (QED) is 0.845. The van der Waals surface area contributed by atoms with E-state index in [1.165, 1.54) is 16.2 Å². The average molecular weight is 301 g/mol. The van der Waals surface area contributed by atoms with Gasteiger partial charge in [0.1, 0.15) is 10.7 Å². The Labute approximate surface area is 119 Å². The number of nitrogens with zero attached hydrogens (tertiary/aromatic N) is 2. The molecular weight excluding hydrogens is 291 g/mol. The summed E-state index contributed by atoms with van der Waals surface area (Å²) in [5, 5.41) is 3.54. The molecule has 2 aromatic rings. The van der Waals surface area contributed by atoms with Gasteiger partial charge >= 0.3 is 0 Å². The number of carbonyl (C=O) groups excluding carboxylic acids is 1. The lowest BCUT2D eigenvalue weighted by Crippen LogP contribution is -2.21. The van der Waals surface area contributed by atoms with E-state index in [0.29, 0.717) is 20.7 Å². The highest BCUT2D eigenvalue weighted by molar-refractivity contribution is 7.13. The van der Waals surface area contributed by atoms with Gasteiger partial charge in [0.25, 0.3) is 5.91 Å². The van der Waals surface area contributed by atoms with Gasteiger partial charge < -0.3 is 4.90 Å². The molecule has 0 bridgehead atoms. The summed E-state index contributed by atoms with van der Waals surface area (Å²) in [7, 11) is 3.38. The number of halogens is 2. The van der Waals surface area contributed by atoms with Crippen molar-refractivity contribution in [3.8, 4) is 10.6 Å². The number of benzene rings is 1. The first-order valence-electron chi connectivity index (χ1n) is 5.11. The zero-order valence-electron chi connectivity index (χ0n) is 9.78. The van der Waals surface area contributed by atoms with E-state index in [0.717, 1.165) is 5.56 Å². The molecule has 2 rings (SSSR count). The molecular formula is C12H10Cl2N2OS. The Kier molecular flexibility index (Phi) is 3.90. The normalized spacial score (nSPS) is 10.4. The highest BCUT2D eigenvalue weighted by atomic mass is 35.5. The first kappa shape index (κ1) is 13.3. The Morgan fingerprint density at radius 3 is 2.67 bits per heavy atom. The van der Waals surface area contributed by atoms with Crippen molar-refractivity contribution in [3.05, 3.63) is 39.3 Å². The minimum Gasteiger partial charge on any atom is -0.343 e. The van der Waals surface area contributed by atoms with Crippen LogP contribution in [0, 0.1) is 0 Å². The molecule has 0 aliphatic rings. The predicted molar refractivity (Wildman–Crippen MR) is 75.6 cm³/mol. The molecule has 0 saturated carbocycles. The third-order valence-corrected chi connectivity index (χ3v) is 3.71. The van der Waals surface area contributed by atoms with E-state index >= 15 is 0 Å². The molecule has 1 aromatic carbocycles. The third-order valence-electron chi connectivity index (χ3n) is 2.29. The molecule has 0 N–H and O–H groups in total. The SMILES string of the molecule is CN(C)C(=O)c1csc(-c2ccc(Cl)cc2Cl)n1. The zero-order valence-corrected chi connectivity index (χ0v) is 12.1. The summed E-state index contributed by atoms with van der Waals surface area (Å²) in [6.07, 6.45) is 0. The van der Waals surface area contributed by atoms with Crippen LogP contribution in [0.1, 0.15) is 10.5 Å². The van der Waals surface area contributed by atoms with E-state index in [4.69, 9.17) is 23.2 Å². The highest BCUT2D eigenvalue weighted by Crippen LogP contribution is 2.32. The van der Waals surface area contributed by atoms with Crippen LogP contribution in [-0.2, 0) is 0 Å². The monoisotopic (exact) mass is 300 g/mol. The molecule has 6 heteroatoms. The van der Waals surface area contributed by atoms with E-state index in [-0.39, 0.29) is 5.91 Å². The lowest BCUT2D eigenvalue weighted by Gasteiger charge is -2.06. The molecule has 0 unspecified atom stereocenters. The number of amides is 1. The fourth-order valence-corrected chi connectivity index (χ4v) is 2.77. The second kappa shape index (κ2) is 5.26. The molecule has 0 spiro atoms. The van der Waals surface area contributed by atoms with Crippen LogP contribution < -0.4 is 0 Å². The predicted octanol–water partition coefficient (Wildman–Crippen LogP) is 3.82. The summed E-state index contributed by atoms with van der Waals surface area (Å²) in [6, 6.07) is 5.21. The van der Waals surface area contributed by atoms with Crippen LogP contribution in [-0.4, -0.2) is 29.9 Å². The number of hydrogen-bond donors (Lipinski definition) is 0. The molecule has 0 saturated heterocycles. The molecule has 0 aliphatic heterocycles. The zero-order chi connectivity index (χ0) is 13.3. The topological polar surface area (TPSA) is 33.2 Å². The number of hydrogen-bond acceptors (Lipinski definition) is 3. The number of carbonyl (C=O) groups is 1.